The molecule has 0 aromatic heterocycles. The second kappa shape index (κ2) is 11.4. The highest BCUT2D eigenvalue weighted by Gasteiger charge is 2.41. The predicted molar refractivity (Wildman–Crippen MR) is 151 cm³/mol. The van der Waals surface area contributed by atoms with Gasteiger partial charge in [-0.1, -0.05) is 35.9 Å². The highest BCUT2D eigenvalue weighted by Crippen LogP contribution is 2.39. The predicted octanol–water partition coefficient (Wildman–Crippen LogP) is 4.59. The molecule has 8 heteroatoms. The molecule has 0 aliphatic carbocycles. The van der Waals surface area contributed by atoms with Gasteiger partial charge in [-0.3, -0.25) is 4.79 Å². The Labute approximate surface area is 229 Å². The molecule has 2 aliphatic heterocycles. The molecule has 2 aliphatic rings. The Bertz CT molecular complexity index is 1300. The highest BCUT2D eigenvalue weighted by atomic mass is 35.5. The maximum atomic E-state index is 13.7. The molecule has 3 aromatic rings. The lowest BCUT2D eigenvalue weighted by atomic mass is 9.83. The van der Waals surface area contributed by atoms with Crippen molar-refractivity contribution in [1.29, 1.82) is 0 Å². The number of para-hydroxylation sites is 1. The lowest BCUT2D eigenvalue weighted by Gasteiger charge is -2.49. The summed E-state index contributed by atoms with van der Waals surface area (Å²) in [5.74, 6) is 2.07. The van der Waals surface area contributed by atoms with Gasteiger partial charge in [0.05, 0.1) is 39.0 Å². The fourth-order valence-electron chi connectivity index (χ4n) is 5.68. The fourth-order valence-corrected chi connectivity index (χ4v) is 5.85. The van der Waals surface area contributed by atoms with E-state index >= 15 is 0 Å². The monoisotopic (exact) mass is 535 g/mol. The van der Waals surface area contributed by atoms with E-state index in [1.54, 1.807) is 21.3 Å². The van der Waals surface area contributed by atoms with E-state index in [4.69, 9.17) is 25.8 Å². The van der Waals surface area contributed by atoms with Crippen LogP contribution in [-0.4, -0.2) is 59.5 Å². The van der Waals surface area contributed by atoms with E-state index in [0.717, 1.165) is 30.1 Å². The largest absolute Gasteiger partial charge is 0.495 e. The van der Waals surface area contributed by atoms with Crippen LogP contribution in [0.3, 0.4) is 0 Å². The third kappa shape index (κ3) is 5.20. The molecule has 0 radical (unpaired) electrons. The summed E-state index contributed by atoms with van der Waals surface area (Å²) in [6.45, 7) is 2.88. The minimum atomic E-state index is -0.178. The number of benzene rings is 3. The van der Waals surface area contributed by atoms with E-state index in [1.807, 2.05) is 36.4 Å². The van der Waals surface area contributed by atoms with Crippen molar-refractivity contribution in [2.45, 2.75) is 18.9 Å². The van der Waals surface area contributed by atoms with Crippen LogP contribution >= 0.6 is 11.6 Å². The van der Waals surface area contributed by atoms with Crippen molar-refractivity contribution in [3.63, 3.8) is 0 Å². The zero-order valence-corrected chi connectivity index (χ0v) is 22.8. The number of nitrogens with zero attached hydrogens (tertiary/aromatic N) is 2. The van der Waals surface area contributed by atoms with Crippen molar-refractivity contribution >= 4 is 28.9 Å². The number of methoxy groups -OCH3 is 3. The SMILES string of the molecule is COc1ccc(CCNC(=O)C2Cc3ccccc3N3CCN(c4cc(Cl)ccc4OC)CC23)cc1OC. The molecule has 2 unspecified atom stereocenters. The minimum Gasteiger partial charge on any atom is -0.495 e. The van der Waals surface area contributed by atoms with E-state index < -0.39 is 0 Å². The maximum absolute atomic E-state index is 13.7. The molecule has 0 saturated carbocycles. The number of nitrogens with one attached hydrogen (secondary N) is 1. The number of anilines is 2. The van der Waals surface area contributed by atoms with Crippen LogP contribution < -0.4 is 29.3 Å². The van der Waals surface area contributed by atoms with Crippen LogP contribution in [0.5, 0.6) is 17.2 Å². The van der Waals surface area contributed by atoms with Crippen LogP contribution in [0.15, 0.2) is 60.7 Å². The molecule has 2 atom stereocenters. The molecular formula is C30H34ClN3O4. The van der Waals surface area contributed by atoms with Crippen LogP contribution in [0.25, 0.3) is 0 Å². The summed E-state index contributed by atoms with van der Waals surface area (Å²) in [4.78, 5) is 18.4. The molecule has 0 bridgehead atoms. The Kier molecular flexibility index (Phi) is 7.84. The first kappa shape index (κ1) is 26.0. The number of carbonyl (C=O) groups excluding carboxylic acids is 1. The molecule has 1 fully saturated rings. The van der Waals surface area contributed by atoms with Crippen molar-refractivity contribution in [3.05, 3.63) is 76.8 Å². The van der Waals surface area contributed by atoms with Crippen LogP contribution in [0.4, 0.5) is 11.4 Å². The van der Waals surface area contributed by atoms with E-state index in [9.17, 15) is 4.79 Å². The topological polar surface area (TPSA) is 63.3 Å². The molecule has 2 heterocycles. The van der Waals surface area contributed by atoms with Gasteiger partial charge in [0, 0.05) is 36.9 Å². The number of piperazine rings is 1. The van der Waals surface area contributed by atoms with Gasteiger partial charge in [-0.15, -0.1) is 0 Å². The second-order valence-corrected chi connectivity index (χ2v) is 10.1. The summed E-state index contributed by atoms with van der Waals surface area (Å²) in [7, 11) is 4.93. The van der Waals surface area contributed by atoms with Crippen molar-refractivity contribution in [2.75, 3.05) is 57.3 Å². The van der Waals surface area contributed by atoms with Crippen molar-refractivity contribution in [1.82, 2.24) is 5.32 Å². The lowest BCUT2D eigenvalue weighted by molar-refractivity contribution is -0.125. The quantitative estimate of drug-likeness (QED) is 0.455. The normalized spacial score (nSPS) is 18.3. The number of hydrogen-bond acceptors (Lipinski definition) is 6. The average Bonchev–Trinajstić information content (AvgIpc) is 2.96. The molecule has 1 N–H and O–H groups in total. The Morgan fingerprint density at radius 2 is 1.68 bits per heavy atom. The number of carbonyl (C=O) groups is 1. The number of fused-ring (bicyclic) bond motifs is 3. The standard InChI is InChI=1S/C30H34ClN3O4/c1-36-27-11-9-22(31)18-25(27)33-14-15-34-24-7-5-4-6-21(24)17-23(26(34)19-33)30(35)32-13-12-20-8-10-28(37-2)29(16-20)38-3/h4-11,16,18,23,26H,12-15,17,19H2,1-3H3,(H,32,35). The molecule has 3 aromatic carbocycles. The van der Waals surface area contributed by atoms with E-state index in [-0.39, 0.29) is 17.9 Å². The summed E-state index contributed by atoms with van der Waals surface area (Å²) < 4.78 is 16.4. The summed E-state index contributed by atoms with van der Waals surface area (Å²) in [5, 5.41) is 3.88. The van der Waals surface area contributed by atoms with Gasteiger partial charge in [0.1, 0.15) is 5.75 Å². The van der Waals surface area contributed by atoms with Crippen molar-refractivity contribution in [3.8, 4) is 17.2 Å². The Balaban J connectivity index is 1.34. The molecule has 1 saturated heterocycles. The molecule has 1 amide bonds. The van der Waals surface area contributed by atoms with Gasteiger partial charge in [0.25, 0.3) is 0 Å². The number of amides is 1. The first-order chi connectivity index (χ1) is 18.5. The zero-order chi connectivity index (χ0) is 26.6. The van der Waals surface area contributed by atoms with Gasteiger partial charge in [0.2, 0.25) is 5.91 Å². The Hall–Kier alpha value is -3.58. The first-order valence-electron chi connectivity index (χ1n) is 12.9. The van der Waals surface area contributed by atoms with Crippen molar-refractivity contribution < 1.29 is 19.0 Å². The lowest BCUT2D eigenvalue weighted by Crippen LogP contribution is -2.61. The summed E-state index contributed by atoms with van der Waals surface area (Å²) >= 11 is 6.35. The molecular weight excluding hydrogens is 502 g/mol. The van der Waals surface area contributed by atoms with E-state index in [0.29, 0.717) is 42.5 Å². The number of hydrogen-bond donors (Lipinski definition) is 1. The molecule has 0 spiro atoms. The Morgan fingerprint density at radius 1 is 0.921 bits per heavy atom. The summed E-state index contributed by atoms with van der Waals surface area (Å²) in [6.07, 6.45) is 1.41. The summed E-state index contributed by atoms with van der Waals surface area (Å²) in [5.41, 5.74) is 4.49. The van der Waals surface area contributed by atoms with Crippen LogP contribution in [0.1, 0.15) is 11.1 Å². The van der Waals surface area contributed by atoms with Gasteiger partial charge >= 0.3 is 0 Å². The smallest absolute Gasteiger partial charge is 0.225 e. The third-order valence-corrected chi connectivity index (χ3v) is 7.84. The van der Waals surface area contributed by atoms with Crippen molar-refractivity contribution in [2.24, 2.45) is 5.92 Å². The number of halogens is 1. The summed E-state index contributed by atoms with van der Waals surface area (Å²) in [6, 6.07) is 20.0. The van der Waals surface area contributed by atoms with Crippen LogP contribution in [-0.2, 0) is 17.6 Å². The Morgan fingerprint density at radius 3 is 2.47 bits per heavy atom. The zero-order valence-electron chi connectivity index (χ0n) is 22.1. The third-order valence-electron chi connectivity index (χ3n) is 7.60. The second-order valence-electron chi connectivity index (χ2n) is 9.69. The molecule has 5 rings (SSSR count). The van der Waals surface area contributed by atoms with E-state index in [1.165, 1.54) is 11.3 Å². The molecule has 200 valence electrons. The van der Waals surface area contributed by atoms with Gasteiger partial charge < -0.3 is 29.3 Å². The van der Waals surface area contributed by atoms with E-state index in [2.05, 4.69) is 39.4 Å². The molecule has 7 nitrogen and oxygen atoms in total. The van der Waals surface area contributed by atoms with Gasteiger partial charge in [-0.25, -0.2) is 0 Å². The van der Waals surface area contributed by atoms with Gasteiger partial charge in [0.15, 0.2) is 11.5 Å². The molecule has 38 heavy (non-hydrogen) atoms. The highest BCUT2D eigenvalue weighted by molar-refractivity contribution is 6.31. The first-order valence-corrected chi connectivity index (χ1v) is 13.3. The van der Waals surface area contributed by atoms with Gasteiger partial charge in [-0.2, -0.15) is 0 Å². The number of ether oxygens (including phenoxy) is 3. The maximum Gasteiger partial charge on any atom is 0.225 e. The average molecular weight is 536 g/mol. The minimum absolute atomic E-state index is 0.0309. The fraction of sp³-hybridized carbons (Fsp3) is 0.367. The van der Waals surface area contributed by atoms with Gasteiger partial charge in [-0.05, 0) is 60.4 Å². The number of rotatable bonds is 8. The van der Waals surface area contributed by atoms with Crippen LogP contribution in [0.2, 0.25) is 5.02 Å². The van der Waals surface area contributed by atoms with Crippen LogP contribution in [0, 0.1) is 5.92 Å².